The van der Waals surface area contributed by atoms with Crippen molar-refractivity contribution in [2.24, 2.45) is 11.3 Å². The van der Waals surface area contributed by atoms with E-state index in [4.69, 9.17) is 31.8 Å². The molecule has 2 fully saturated rings. The van der Waals surface area contributed by atoms with Crippen LogP contribution in [0.25, 0.3) is 33.3 Å². The molecule has 2 aromatic heterocycles. The summed E-state index contributed by atoms with van der Waals surface area (Å²) < 4.78 is 19.2. The van der Waals surface area contributed by atoms with Gasteiger partial charge in [-0.1, -0.05) is 39.8 Å². The second kappa shape index (κ2) is 18.9. The summed E-state index contributed by atoms with van der Waals surface area (Å²) in [4.78, 5) is 77.2. The minimum absolute atomic E-state index is 0.0138. The zero-order chi connectivity index (χ0) is 45.3. The Morgan fingerprint density at radius 1 is 1.13 bits per heavy atom. The van der Waals surface area contributed by atoms with Gasteiger partial charge in [0.15, 0.2) is 6.10 Å². The molecule has 4 atom stereocenters. The van der Waals surface area contributed by atoms with Gasteiger partial charge >= 0.3 is 11.9 Å². The number of phenolic OH excluding ortho intramolecular Hbond substituents is 1. The average molecular weight is 898 g/mol. The number of methoxy groups -OCH3 is 1. The van der Waals surface area contributed by atoms with Crippen molar-refractivity contribution in [3.63, 3.8) is 0 Å². The van der Waals surface area contributed by atoms with Crippen LogP contribution >= 0.6 is 12.6 Å². The molecule has 1 unspecified atom stereocenters. The normalized spacial score (nSPS) is 20.5. The van der Waals surface area contributed by atoms with E-state index in [1.165, 1.54) is 17.0 Å². The molecule has 6 bridgehead atoms. The molecule has 3 amide bonds. The molecule has 5 heterocycles. The number of esters is 2. The Balaban J connectivity index is 1.34. The van der Waals surface area contributed by atoms with Gasteiger partial charge in [0.05, 0.1) is 18.0 Å². The van der Waals surface area contributed by atoms with Crippen LogP contribution in [0, 0.1) is 11.3 Å². The number of pyridine rings is 1. The minimum atomic E-state index is -2.60. The molecule has 3 N–H and O–H groups in total. The van der Waals surface area contributed by atoms with Gasteiger partial charge in [-0.25, -0.2) is 5.43 Å². The third kappa shape index (κ3) is 9.66. The number of ether oxygens (including phenoxy) is 3. The summed E-state index contributed by atoms with van der Waals surface area (Å²) >= 11 is 4.72. The number of aromatic hydroxyl groups is 1. The number of aryl methyl sites for hydroxylation is 1. The van der Waals surface area contributed by atoms with E-state index in [0.717, 1.165) is 33.3 Å². The van der Waals surface area contributed by atoms with E-state index in [2.05, 4.69) is 47.9 Å². The van der Waals surface area contributed by atoms with E-state index >= 15 is 0 Å². The van der Waals surface area contributed by atoms with Crippen molar-refractivity contribution < 1.29 is 43.3 Å². The smallest absolute Gasteiger partial charge is 0.324 e. The van der Waals surface area contributed by atoms with Gasteiger partial charge in [0.1, 0.15) is 23.3 Å². The third-order valence-electron chi connectivity index (χ3n) is 12.1. The lowest BCUT2D eigenvalue weighted by atomic mass is 9.84. The standard InChI is InChI=1S/C46H57N6O9SSi/c1-8-51-35-14-13-28-22-32(35)33(40(51)31-11-9-17-47-38(31)44(62)59-7)23-46(4,5)25-60-43(57)34-12-10-18-52(48-34)45(58)63(24-27-19-29(28)21-30(53)20-27)49-41(55)39(26(2)3)50(6)42(56)36-15-16-37(54)61-36/h9,11,13-14,17,19-22,26,34,36,39,44,48,53,62H,8,10,12,15-16,18,23-25H2,1-7H3,(H,49,55)/t34-,36+,39-,44?/m0/s1. The quantitative estimate of drug-likeness (QED) is 0.0686. The Kier molecular flexibility index (Phi) is 13.7. The highest BCUT2D eigenvalue weighted by molar-refractivity contribution is 7.80. The molecule has 335 valence electrons. The first-order valence-corrected chi connectivity index (χ1v) is 23.7. The van der Waals surface area contributed by atoms with Crippen molar-refractivity contribution in [2.45, 2.75) is 103 Å². The van der Waals surface area contributed by atoms with Gasteiger partial charge in [-0.2, -0.15) is 0 Å². The number of cyclic esters (lactones) is 2. The predicted molar refractivity (Wildman–Crippen MR) is 241 cm³/mol. The number of hydrogen-bond acceptors (Lipinski definition) is 12. The van der Waals surface area contributed by atoms with E-state index in [1.807, 2.05) is 24.3 Å². The summed E-state index contributed by atoms with van der Waals surface area (Å²) in [6, 6.07) is 13.5. The number of fused-ring (bicyclic) bond motifs is 6. The summed E-state index contributed by atoms with van der Waals surface area (Å²) in [7, 11) is 0.496. The number of benzene rings is 2. The maximum atomic E-state index is 14.6. The molecule has 3 aliphatic rings. The summed E-state index contributed by atoms with van der Waals surface area (Å²) in [6.07, 6.45) is 2.54. The number of phenols is 1. The molecular formula is C46H57N6O9SSi. The van der Waals surface area contributed by atoms with Crippen molar-refractivity contribution in [1.82, 2.24) is 29.9 Å². The van der Waals surface area contributed by atoms with Crippen LogP contribution in [0.15, 0.2) is 54.7 Å². The number of thiol groups is 1. The number of aromatic nitrogens is 2. The van der Waals surface area contributed by atoms with Gasteiger partial charge in [-0.3, -0.25) is 34.0 Å². The molecule has 7 rings (SSSR count). The second-order valence-corrected chi connectivity index (χ2v) is 20.2. The fourth-order valence-corrected chi connectivity index (χ4v) is 11.2. The van der Waals surface area contributed by atoms with Crippen molar-refractivity contribution in [1.29, 1.82) is 0 Å². The maximum absolute atomic E-state index is 14.6. The van der Waals surface area contributed by atoms with E-state index < -0.39 is 67.3 Å². The number of amides is 3. The monoisotopic (exact) mass is 897 g/mol. The Morgan fingerprint density at radius 3 is 2.60 bits per heavy atom. The summed E-state index contributed by atoms with van der Waals surface area (Å²) in [5, 5.41) is 13.6. The first kappa shape index (κ1) is 45.8. The summed E-state index contributed by atoms with van der Waals surface area (Å²) in [5.74, 6) is -2.37. The van der Waals surface area contributed by atoms with Crippen molar-refractivity contribution >= 4 is 61.8 Å². The summed E-state index contributed by atoms with van der Waals surface area (Å²) in [5.41, 5.74) is 8.21. The maximum Gasteiger partial charge on any atom is 0.324 e. The minimum Gasteiger partial charge on any atom is -0.508 e. The predicted octanol–water partition coefficient (Wildman–Crippen LogP) is 5.84. The third-order valence-corrected chi connectivity index (χ3v) is 14.6. The SMILES string of the molecule is CCn1c(-c2cccnc2C(S)OC)c2c3cc(ccc31)-c1cc(O)cc(c1)C[Si](NC(=O)[C@H](C(C)C)N(C)C(=O)[C@H]1CCC(=O)O1)C(=O)N1CCC[C@H](N1)C(=O)OCC(C)(C)C2. The van der Waals surface area contributed by atoms with Crippen LogP contribution in [-0.2, 0) is 52.4 Å². The molecule has 0 saturated carbocycles. The number of nitrogens with zero attached hydrogens (tertiary/aromatic N) is 4. The molecule has 2 aromatic carbocycles. The lowest BCUT2D eigenvalue weighted by molar-refractivity contribution is -0.155. The molecule has 4 aromatic rings. The van der Waals surface area contributed by atoms with Crippen LogP contribution in [0.1, 0.15) is 82.6 Å². The largest absolute Gasteiger partial charge is 0.508 e. The Bertz CT molecular complexity index is 2420. The van der Waals surface area contributed by atoms with E-state index in [9.17, 15) is 29.1 Å². The fourth-order valence-electron chi connectivity index (χ4n) is 9.04. The fraction of sp³-hybridized carbons (Fsp3) is 0.478. The van der Waals surface area contributed by atoms with Gasteiger partial charge in [0.2, 0.25) is 11.4 Å². The van der Waals surface area contributed by atoms with E-state index in [0.29, 0.717) is 42.6 Å². The van der Waals surface area contributed by atoms with Gasteiger partial charge < -0.3 is 33.8 Å². The highest BCUT2D eigenvalue weighted by Crippen LogP contribution is 2.42. The van der Waals surface area contributed by atoms with Crippen LogP contribution in [0.5, 0.6) is 5.75 Å². The van der Waals surface area contributed by atoms with Crippen LogP contribution < -0.4 is 10.4 Å². The molecule has 0 spiro atoms. The molecule has 1 radical (unpaired) electrons. The Labute approximate surface area is 374 Å². The topological polar surface area (TPSA) is 182 Å². The van der Waals surface area contributed by atoms with Gasteiger partial charge in [0, 0.05) is 68.2 Å². The number of hydrazine groups is 1. The van der Waals surface area contributed by atoms with Gasteiger partial charge in [-0.05, 0) is 96.8 Å². The number of carbonyl (C=O) groups excluding carboxylic acids is 5. The zero-order valence-electron chi connectivity index (χ0n) is 36.9. The number of likely N-dealkylation sites (N-methyl/N-ethyl adjacent to an activating group) is 1. The first-order chi connectivity index (χ1) is 30.0. The molecule has 0 aliphatic carbocycles. The lowest BCUT2D eigenvalue weighted by Crippen LogP contribution is -2.64. The van der Waals surface area contributed by atoms with Crippen LogP contribution in [0.2, 0.25) is 0 Å². The van der Waals surface area contributed by atoms with Crippen LogP contribution in [0.4, 0.5) is 4.79 Å². The number of carbonyl (C=O) groups is 5. The zero-order valence-corrected chi connectivity index (χ0v) is 38.8. The molecule has 2 saturated heterocycles. The Morgan fingerprint density at radius 2 is 1.90 bits per heavy atom. The summed E-state index contributed by atoms with van der Waals surface area (Å²) in [6.45, 7) is 10.8. The van der Waals surface area contributed by atoms with Gasteiger partial charge in [-0.15, -0.1) is 12.6 Å². The molecule has 15 nitrogen and oxygen atoms in total. The number of rotatable bonds is 9. The van der Waals surface area contributed by atoms with Crippen LogP contribution in [-0.4, -0.2) is 108 Å². The molecule has 3 aliphatic heterocycles. The van der Waals surface area contributed by atoms with Crippen molar-refractivity contribution in [3.05, 3.63) is 71.5 Å². The molecular weight excluding hydrogens is 841 g/mol. The second-order valence-electron chi connectivity index (χ2n) is 17.7. The van der Waals surface area contributed by atoms with Crippen molar-refractivity contribution in [3.8, 4) is 28.1 Å². The van der Waals surface area contributed by atoms with E-state index in [1.54, 1.807) is 39.3 Å². The Hall–Kier alpha value is -5.23. The first-order valence-electron chi connectivity index (χ1n) is 21.5. The molecule has 17 heteroatoms. The van der Waals surface area contributed by atoms with Crippen LogP contribution in [0.3, 0.4) is 0 Å². The lowest BCUT2D eigenvalue weighted by Gasteiger charge is -2.36. The highest BCUT2D eigenvalue weighted by Gasteiger charge is 2.41. The van der Waals surface area contributed by atoms with Gasteiger partial charge in [0.25, 0.3) is 14.9 Å². The number of hydrogen-bond donors (Lipinski definition) is 4. The van der Waals surface area contributed by atoms with Crippen molar-refractivity contribution in [2.75, 3.05) is 27.3 Å². The number of nitrogens with one attached hydrogen (secondary N) is 2. The highest BCUT2D eigenvalue weighted by atomic mass is 32.1. The molecule has 63 heavy (non-hydrogen) atoms. The average Bonchev–Trinajstić information content (AvgIpc) is 3.83. The van der Waals surface area contributed by atoms with E-state index in [-0.39, 0.29) is 43.7 Å².